The van der Waals surface area contributed by atoms with Crippen LogP contribution in [0.2, 0.25) is 5.02 Å². The number of benzene rings is 2. The van der Waals surface area contributed by atoms with E-state index in [2.05, 4.69) is 11.0 Å². The van der Waals surface area contributed by atoms with E-state index < -0.39 is 12.3 Å². The van der Waals surface area contributed by atoms with Crippen LogP contribution in [0.1, 0.15) is 15.9 Å². The lowest BCUT2D eigenvalue weighted by Gasteiger charge is -2.35. The highest BCUT2D eigenvalue weighted by Gasteiger charge is 2.63. The number of nitrogens with zero attached hydrogens (tertiary/aromatic N) is 1. The monoisotopic (exact) mass is 407 g/mol. The molecule has 3 saturated heterocycles. The van der Waals surface area contributed by atoms with Gasteiger partial charge in [-0.1, -0.05) is 42.0 Å². The van der Waals surface area contributed by atoms with Crippen LogP contribution in [-0.2, 0) is 14.3 Å². The number of halogens is 1. The molecular formula is C23H18ClNO4. The van der Waals surface area contributed by atoms with Crippen molar-refractivity contribution >= 4 is 34.9 Å². The molecule has 4 aliphatic heterocycles. The Bertz CT molecular complexity index is 1050. The molecule has 3 fully saturated rings. The van der Waals surface area contributed by atoms with E-state index >= 15 is 0 Å². The Labute approximate surface area is 172 Å². The van der Waals surface area contributed by atoms with Crippen molar-refractivity contribution in [3.8, 4) is 0 Å². The molecule has 2 aromatic rings. The van der Waals surface area contributed by atoms with E-state index in [1.165, 1.54) is 0 Å². The first-order chi connectivity index (χ1) is 14.1. The summed E-state index contributed by atoms with van der Waals surface area (Å²) < 4.78 is 11.4. The van der Waals surface area contributed by atoms with Crippen LogP contribution < -0.4 is 4.90 Å². The number of hydrogen-bond acceptors (Lipinski definition) is 5. The van der Waals surface area contributed by atoms with Crippen molar-refractivity contribution in [1.82, 2.24) is 0 Å². The SMILES string of the molecule is O=C1C2OCC(O2)[C@H]2[C@H]1[C@H]1C=Cc3ccccc3N1[C@H]2C(=O)c1ccc(Cl)cc1. The van der Waals surface area contributed by atoms with Crippen LogP contribution in [0.15, 0.2) is 54.6 Å². The van der Waals surface area contributed by atoms with Gasteiger partial charge in [0, 0.05) is 22.2 Å². The molecule has 0 spiro atoms. The normalized spacial score (nSPS) is 34.0. The van der Waals surface area contributed by atoms with Crippen LogP contribution in [0.25, 0.3) is 6.08 Å². The van der Waals surface area contributed by atoms with E-state index in [1.54, 1.807) is 24.3 Å². The average molecular weight is 408 g/mol. The summed E-state index contributed by atoms with van der Waals surface area (Å²) in [6.45, 7) is 0.341. The molecule has 4 aliphatic rings. The number of carbonyl (C=O) groups excluding carboxylic acids is 2. The molecule has 0 aromatic heterocycles. The van der Waals surface area contributed by atoms with Crippen LogP contribution in [0.4, 0.5) is 5.69 Å². The lowest BCUT2D eigenvalue weighted by Crippen LogP contribution is -2.48. The summed E-state index contributed by atoms with van der Waals surface area (Å²) >= 11 is 6.02. The Morgan fingerprint density at radius 2 is 1.90 bits per heavy atom. The van der Waals surface area contributed by atoms with Crippen LogP contribution in [0.3, 0.4) is 0 Å². The fraction of sp³-hybridized carbons (Fsp3) is 0.304. The number of Topliss-reactive ketones (excluding diaryl/α,β-unsaturated/α-hetero) is 2. The van der Waals surface area contributed by atoms with Gasteiger partial charge in [-0.05, 0) is 35.9 Å². The number of fused-ring (bicyclic) bond motifs is 8. The van der Waals surface area contributed by atoms with Gasteiger partial charge in [0.25, 0.3) is 0 Å². The van der Waals surface area contributed by atoms with Gasteiger partial charge in [-0.15, -0.1) is 0 Å². The Morgan fingerprint density at radius 3 is 2.72 bits per heavy atom. The van der Waals surface area contributed by atoms with Gasteiger partial charge in [0.1, 0.15) is 0 Å². The van der Waals surface area contributed by atoms with E-state index in [4.69, 9.17) is 21.1 Å². The van der Waals surface area contributed by atoms with E-state index in [-0.39, 0.29) is 35.5 Å². The maximum Gasteiger partial charge on any atom is 0.218 e. The number of hydrogen-bond donors (Lipinski definition) is 0. The molecule has 0 amide bonds. The molecule has 4 heterocycles. The second kappa shape index (κ2) is 6.26. The van der Waals surface area contributed by atoms with Gasteiger partial charge >= 0.3 is 0 Å². The summed E-state index contributed by atoms with van der Waals surface area (Å²) in [5, 5.41) is 0.582. The third-order valence-corrected chi connectivity index (χ3v) is 6.81. The smallest absolute Gasteiger partial charge is 0.218 e. The lowest BCUT2D eigenvalue weighted by atomic mass is 9.77. The van der Waals surface area contributed by atoms with Gasteiger partial charge in [0.2, 0.25) is 6.29 Å². The quantitative estimate of drug-likeness (QED) is 0.714. The van der Waals surface area contributed by atoms with Gasteiger partial charge in [0.05, 0.1) is 30.7 Å². The summed E-state index contributed by atoms with van der Waals surface area (Å²) in [5.41, 5.74) is 2.61. The van der Waals surface area contributed by atoms with E-state index in [1.807, 2.05) is 30.3 Å². The Morgan fingerprint density at radius 1 is 1.10 bits per heavy atom. The zero-order chi connectivity index (χ0) is 19.7. The van der Waals surface area contributed by atoms with Gasteiger partial charge < -0.3 is 14.4 Å². The summed E-state index contributed by atoms with van der Waals surface area (Å²) in [6.07, 6.45) is 3.03. The van der Waals surface area contributed by atoms with Crippen LogP contribution in [0, 0.1) is 11.8 Å². The van der Waals surface area contributed by atoms with Gasteiger partial charge in [0.15, 0.2) is 11.6 Å². The molecule has 0 aliphatic carbocycles. The molecular weight excluding hydrogens is 390 g/mol. The highest BCUT2D eigenvalue weighted by molar-refractivity contribution is 6.30. The number of rotatable bonds is 2. The second-order valence-corrected chi connectivity index (χ2v) is 8.41. The van der Waals surface area contributed by atoms with Gasteiger partial charge in [-0.25, -0.2) is 0 Å². The predicted octanol–water partition coefficient (Wildman–Crippen LogP) is 3.36. The molecule has 2 unspecified atom stereocenters. The van der Waals surface area contributed by atoms with Crippen molar-refractivity contribution in [1.29, 1.82) is 0 Å². The summed E-state index contributed by atoms with van der Waals surface area (Å²) in [7, 11) is 0. The number of carbonyl (C=O) groups is 2. The molecule has 29 heavy (non-hydrogen) atoms. The zero-order valence-electron chi connectivity index (χ0n) is 15.4. The van der Waals surface area contributed by atoms with Crippen LogP contribution in [-0.4, -0.2) is 42.7 Å². The van der Waals surface area contributed by atoms with Crippen molar-refractivity contribution in [2.24, 2.45) is 11.8 Å². The number of para-hydroxylation sites is 1. The molecule has 0 saturated carbocycles. The largest absolute Gasteiger partial charge is 0.353 e. The summed E-state index contributed by atoms with van der Waals surface area (Å²) in [5.74, 6) is -0.669. The van der Waals surface area contributed by atoms with Crippen molar-refractivity contribution in [3.63, 3.8) is 0 Å². The van der Waals surface area contributed by atoms with Crippen molar-refractivity contribution in [2.45, 2.75) is 24.5 Å². The Balaban J connectivity index is 1.52. The molecule has 0 radical (unpaired) electrons. The first-order valence-corrected chi connectivity index (χ1v) is 10.2. The minimum atomic E-state index is -0.807. The number of ketones is 2. The first kappa shape index (κ1) is 17.4. The topological polar surface area (TPSA) is 55.8 Å². The minimum absolute atomic E-state index is 0.0222. The molecule has 6 rings (SSSR count). The molecule has 146 valence electrons. The highest BCUT2D eigenvalue weighted by atomic mass is 35.5. The predicted molar refractivity (Wildman–Crippen MR) is 108 cm³/mol. The maximum absolute atomic E-state index is 13.7. The number of ether oxygens (including phenoxy) is 2. The number of anilines is 1. The van der Waals surface area contributed by atoms with E-state index in [0.29, 0.717) is 17.2 Å². The molecule has 6 atom stereocenters. The molecule has 2 bridgehead atoms. The van der Waals surface area contributed by atoms with Crippen LogP contribution in [0.5, 0.6) is 0 Å². The van der Waals surface area contributed by atoms with E-state index in [0.717, 1.165) is 11.3 Å². The molecule has 6 heteroatoms. The van der Waals surface area contributed by atoms with Gasteiger partial charge in [-0.3, -0.25) is 9.59 Å². The zero-order valence-corrected chi connectivity index (χ0v) is 16.2. The van der Waals surface area contributed by atoms with Crippen LogP contribution >= 0.6 is 11.6 Å². The van der Waals surface area contributed by atoms with E-state index in [9.17, 15) is 9.59 Å². The average Bonchev–Trinajstić information content (AvgIpc) is 3.33. The summed E-state index contributed by atoms with van der Waals surface area (Å²) in [6, 6.07) is 14.2. The lowest BCUT2D eigenvalue weighted by molar-refractivity contribution is -0.163. The first-order valence-electron chi connectivity index (χ1n) is 9.79. The molecule has 0 N–H and O–H groups in total. The highest BCUT2D eigenvalue weighted by Crippen LogP contribution is 2.50. The maximum atomic E-state index is 13.7. The Kier molecular flexibility index (Phi) is 3.76. The third-order valence-electron chi connectivity index (χ3n) is 6.55. The second-order valence-electron chi connectivity index (χ2n) is 7.98. The third kappa shape index (κ3) is 2.41. The standard InChI is InChI=1S/C23H18ClNO4/c24-14-8-5-13(6-9-14)21(26)20-19-17-11-28-23(29-17)22(27)18(19)16-10-7-12-3-1-2-4-15(12)25(16)20/h1-10,16-20,23H,11H2/t16-,17?,18-,19+,20-,23?/m1/s1. The fourth-order valence-corrected chi connectivity index (χ4v) is 5.49. The summed E-state index contributed by atoms with van der Waals surface area (Å²) in [4.78, 5) is 29.0. The molecule has 5 nitrogen and oxygen atoms in total. The van der Waals surface area contributed by atoms with Crippen molar-refractivity contribution in [2.75, 3.05) is 11.5 Å². The fourth-order valence-electron chi connectivity index (χ4n) is 5.36. The van der Waals surface area contributed by atoms with Gasteiger partial charge in [-0.2, -0.15) is 0 Å². The van der Waals surface area contributed by atoms with Crippen molar-refractivity contribution < 1.29 is 19.1 Å². The van der Waals surface area contributed by atoms with Crippen molar-refractivity contribution in [3.05, 3.63) is 70.8 Å². The molecule has 2 aromatic carbocycles. The minimum Gasteiger partial charge on any atom is -0.353 e. The Hall–Kier alpha value is -2.47.